The van der Waals surface area contributed by atoms with E-state index in [9.17, 15) is 13.2 Å². The van der Waals surface area contributed by atoms with Gasteiger partial charge in [0.2, 0.25) is 0 Å². The van der Waals surface area contributed by atoms with Gasteiger partial charge < -0.3 is 9.29 Å². The van der Waals surface area contributed by atoms with E-state index in [4.69, 9.17) is 5.11 Å². The number of hydrogen-bond acceptors (Lipinski definition) is 4. The molecule has 0 amide bonds. The highest BCUT2D eigenvalue weighted by atomic mass is 32.2. The summed E-state index contributed by atoms with van der Waals surface area (Å²) in [7, 11) is -3.79. The highest BCUT2D eigenvalue weighted by molar-refractivity contribution is 7.88. The highest BCUT2D eigenvalue weighted by Gasteiger charge is 2.25. The molecule has 0 bridgehead atoms. The Labute approximate surface area is 79.4 Å². The lowest BCUT2D eigenvalue weighted by atomic mass is 10.2. The monoisotopic (exact) mass is 215 g/mol. The fourth-order valence-electron chi connectivity index (χ4n) is 1.09. The summed E-state index contributed by atoms with van der Waals surface area (Å²) in [5.41, 5.74) is 0.141. The van der Waals surface area contributed by atoms with Crippen LogP contribution < -0.4 is 8.91 Å². The fraction of sp³-hybridized carbons (Fsp3) is 0. The molecule has 1 heterocycles. The molecule has 0 fully saturated rings. The average Bonchev–Trinajstić information content (AvgIpc) is 2.36. The van der Waals surface area contributed by atoms with Crippen molar-refractivity contribution in [1.29, 1.82) is 0 Å². The van der Waals surface area contributed by atoms with Crippen molar-refractivity contribution >= 4 is 22.0 Å². The van der Waals surface area contributed by atoms with Gasteiger partial charge in [0.15, 0.2) is 5.75 Å². The van der Waals surface area contributed by atoms with Gasteiger partial charge in [-0.05, 0) is 18.2 Å². The molecular weight excluding hydrogens is 210 g/mol. The first kappa shape index (κ1) is 8.82. The maximum atomic E-state index is 10.9. The van der Waals surface area contributed by atoms with Gasteiger partial charge in [-0.3, -0.25) is 0 Å². The molecule has 0 saturated carbocycles. The van der Waals surface area contributed by atoms with Gasteiger partial charge >= 0.3 is 16.3 Å². The lowest BCUT2D eigenvalue weighted by molar-refractivity contribution is 0.0697. The molecule has 0 unspecified atom stereocenters. The smallest absolute Gasteiger partial charge is 0.407 e. The topological polar surface area (TPSA) is 92.7 Å². The van der Waals surface area contributed by atoms with Gasteiger partial charge in [0.05, 0.1) is 11.3 Å². The SMILES string of the molecule is O=C(O)c1ccc2c(c1)NS(=O)(=O)O2. The molecule has 1 aliphatic heterocycles. The summed E-state index contributed by atoms with van der Waals surface area (Å²) in [4.78, 5) is 10.5. The standard InChI is InChI=1S/C7H5NO5S/c9-7(10)4-1-2-6-5(3-4)8-14(11,12)13-6/h1-3,8H,(H,9,10). The van der Waals surface area contributed by atoms with Gasteiger partial charge in [-0.25, -0.2) is 9.52 Å². The first-order valence-corrected chi connectivity index (χ1v) is 4.98. The van der Waals surface area contributed by atoms with E-state index in [-0.39, 0.29) is 17.0 Å². The van der Waals surface area contributed by atoms with E-state index >= 15 is 0 Å². The van der Waals surface area contributed by atoms with Crippen molar-refractivity contribution in [2.45, 2.75) is 0 Å². The van der Waals surface area contributed by atoms with Gasteiger partial charge in [0, 0.05) is 0 Å². The molecule has 1 aromatic rings. The van der Waals surface area contributed by atoms with Crippen LogP contribution >= 0.6 is 0 Å². The van der Waals surface area contributed by atoms with Crippen molar-refractivity contribution in [1.82, 2.24) is 0 Å². The molecule has 0 aliphatic carbocycles. The number of carboxylic acid groups (broad SMARTS) is 1. The van der Waals surface area contributed by atoms with Crippen molar-refractivity contribution in [3.05, 3.63) is 23.8 Å². The number of carbonyl (C=O) groups is 1. The van der Waals surface area contributed by atoms with Gasteiger partial charge in [-0.2, -0.15) is 8.42 Å². The molecule has 2 N–H and O–H groups in total. The van der Waals surface area contributed by atoms with Crippen molar-refractivity contribution in [3.8, 4) is 5.75 Å². The number of anilines is 1. The molecule has 1 aliphatic rings. The molecule has 14 heavy (non-hydrogen) atoms. The summed E-state index contributed by atoms with van der Waals surface area (Å²) < 4.78 is 28.3. The Morgan fingerprint density at radius 1 is 1.43 bits per heavy atom. The summed E-state index contributed by atoms with van der Waals surface area (Å²) in [6.45, 7) is 0. The molecule has 7 heteroatoms. The van der Waals surface area contributed by atoms with Crippen molar-refractivity contribution < 1.29 is 22.5 Å². The second-order valence-corrected chi connectivity index (χ2v) is 3.93. The Morgan fingerprint density at radius 3 is 2.79 bits per heavy atom. The van der Waals surface area contributed by atoms with Crippen LogP contribution in [-0.2, 0) is 10.3 Å². The third kappa shape index (κ3) is 1.37. The zero-order chi connectivity index (χ0) is 10.3. The van der Waals surface area contributed by atoms with E-state index in [1.165, 1.54) is 18.2 Å². The maximum absolute atomic E-state index is 10.9. The fourth-order valence-corrected chi connectivity index (χ4v) is 1.94. The molecule has 1 aromatic carbocycles. The average molecular weight is 215 g/mol. The van der Waals surface area contributed by atoms with Gasteiger partial charge in [0.1, 0.15) is 0 Å². The van der Waals surface area contributed by atoms with E-state index < -0.39 is 16.3 Å². The Bertz CT molecular complexity index is 507. The predicted molar refractivity (Wildman–Crippen MR) is 46.6 cm³/mol. The summed E-state index contributed by atoms with van der Waals surface area (Å²) in [5, 5.41) is 8.63. The van der Waals surface area contributed by atoms with Crippen LogP contribution in [0.5, 0.6) is 5.75 Å². The summed E-state index contributed by atoms with van der Waals surface area (Å²) in [6.07, 6.45) is 0. The first-order chi connectivity index (χ1) is 6.48. The molecule has 0 radical (unpaired) electrons. The molecule has 0 spiro atoms. The van der Waals surface area contributed by atoms with Crippen LogP contribution in [0.15, 0.2) is 18.2 Å². The van der Waals surface area contributed by atoms with Gasteiger partial charge in [0.25, 0.3) is 0 Å². The third-order valence-electron chi connectivity index (χ3n) is 1.66. The first-order valence-electron chi connectivity index (χ1n) is 3.57. The lowest BCUT2D eigenvalue weighted by Crippen LogP contribution is -2.10. The van der Waals surface area contributed by atoms with E-state index in [0.717, 1.165) is 0 Å². The van der Waals surface area contributed by atoms with Crippen LogP contribution in [0, 0.1) is 0 Å². The predicted octanol–water partition coefficient (Wildman–Crippen LogP) is 0.434. The van der Waals surface area contributed by atoms with Crippen LogP contribution in [-0.4, -0.2) is 19.5 Å². The van der Waals surface area contributed by atoms with Crippen LogP contribution in [0.3, 0.4) is 0 Å². The summed E-state index contributed by atoms with van der Waals surface area (Å²) >= 11 is 0. The van der Waals surface area contributed by atoms with Crippen molar-refractivity contribution in [3.63, 3.8) is 0 Å². The zero-order valence-electron chi connectivity index (χ0n) is 6.72. The Morgan fingerprint density at radius 2 is 2.14 bits per heavy atom. The van der Waals surface area contributed by atoms with Crippen LogP contribution in [0.2, 0.25) is 0 Å². The molecule has 6 nitrogen and oxygen atoms in total. The van der Waals surface area contributed by atoms with Crippen LogP contribution in [0.1, 0.15) is 10.4 Å². The van der Waals surface area contributed by atoms with E-state index in [1.54, 1.807) is 0 Å². The number of benzene rings is 1. The number of aromatic carboxylic acids is 1. The summed E-state index contributed by atoms with van der Waals surface area (Å²) in [6, 6.07) is 3.75. The summed E-state index contributed by atoms with van der Waals surface area (Å²) in [5.74, 6) is -1.02. The maximum Gasteiger partial charge on any atom is 0.407 e. The third-order valence-corrected chi connectivity index (χ3v) is 2.53. The lowest BCUT2D eigenvalue weighted by Gasteiger charge is -1.95. The zero-order valence-corrected chi connectivity index (χ0v) is 7.54. The highest BCUT2D eigenvalue weighted by Crippen LogP contribution is 2.33. The number of hydrogen-bond donors (Lipinski definition) is 2. The minimum absolute atomic E-state index is 0.00282. The van der Waals surface area contributed by atoms with Gasteiger partial charge in [-0.1, -0.05) is 0 Å². The number of nitrogens with one attached hydrogen (secondary N) is 1. The van der Waals surface area contributed by atoms with Gasteiger partial charge in [-0.15, -0.1) is 0 Å². The minimum atomic E-state index is -3.79. The molecule has 0 saturated heterocycles. The Kier molecular flexibility index (Phi) is 1.65. The minimum Gasteiger partial charge on any atom is -0.478 e. The molecule has 2 rings (SSSR count). The Balaban J connectivity index is 2.50. The molecule has 74 valence electrons. The normalized spacial score (nSPS) is 16.6. The van der Waals surface area contributed by atoms with Crippen molar-refractivity contribution in [2.24, 2.45) is 0 Å². The second kappa shape index (κ2) is 2.61. The number of carboxylic acids is 1. The van der Waals surface area contributed by atoms with E-state index in [0.29, 0.717) is 0 Å². The largest absolute Gasteiger partial charge is 0.478 e. The van der Waals surface area contributed by atoms with Crippen LogP contribution in [0.4, 0.5) is 5.69 Å². The van der Waals surface area contributed by atoms with Crippen LogP contribution in [0.25, 0.3) is 0 Å². The quantitative estimate of drug-likeness (QED) is 0.708. The number of fused-ring (bicyclic) bond motifs is 1. The second-order valence-electron chi connectivity index (χ2n) is 2.66. The Hall–Kier alpha value is -1.76. The molecular formula is C7H5NO5S. The van der Waals surface area contributed by atoms with E-state index in [2.05, 4.69) is 8.91 Å². The molecule has 0 atom stereocenters. The number of rotatable bonds is 1. The van der Waals surface area contributed by atoms with E-state index in [1.807, 2.05) is 0 Å². The molecule has 0 aromatic heterocycles. The van der Waals surface area contributed by atoms with Crippen molar-refractivity contribution in [2.75, 3.05) is 4.72 Å².